The Morgan fingerprint density at radius 1 is 1.50 bits per heavy atom. The summed E-state index contributed by atoms with van der Waals surface area (Å²) in [5.74, 6) is 1.38. The lowest BCUT2D eigenvalue weighted by atomic mass is 9.91. The van der Waals surface area contributed by atoms with Crippen LogP contribution in [0.5, 0.6) is 5.88 Å². The van der Waals surface area contributed by atoms with Gasteiger partial charge in [-0.1, -0.05) is 15.9 Å². The van der Waals surface area contributed by atoms with E-state index in [0.717, 1.165) is 28.7 Å². The van der Waals surface area contributed by atoms with Gasteiger partial charge in [0.15, 0.2) is 0 Å². The molecule has 1 aliphatic carbocycles. The summed E-state index contributed by atoms with van der Waals surface area (Å²) in [5, 5.41) is 1.00. The molecule has 0 bridgehead atoms. The van der Waals surface area contributed by atoms with Gasteiger partial charge in [-0.3, -0.25) is 0 Å². The third kappa shape index (κ3) is 3.15. The summed E-state index contributed by atoms with van der Waals surface area (Å²) in [5.41, 5.74) is 0. The second-order valence-corrected chi connectivity index (χ2v) is 6.00. The molecule has 0 aliphatic heterocycles. The fourth-order valence-electron chi connectivity index (χ4n) is 2.00. The lowest BCUT2D eigenvalue weighted by molar-refractivity contribution is 0.372. The maximum absolute atomic E-state index is 5.24. The molecule has 18 heavy (non-hydrogen) atoms. The molecule has 0 atom stereocenters. The van der Waals surface area contributed by atoms with Gasteiger partial charge in [-0.25, -0.2) is 4.98 Å². The van der Waals surface area contributed by atoms with Crippen molar-refractivity contribution >= 4 is 37.8 Å². The zero-order valence-electron chi connectivity index (χ0n) is 10.4. The molecule has 2 rings (SSSR count). The second kappa shape index (κ2) is 6.70. The molecule has 1 aromatic rings. The second-order valence-electron chi connectivity index (χ2n) is 4.35. The van der Waals surface area contributed by atoms with Crippen molar-refractivity contribution in [1.82, 2.24) is 9.97 Å². The van der Waals surface area contributed by atoms with Crippen molar-refractivity contribution in [3.8, 4) is 5.88 Å². The van der Waals surface area contributed by atoms with Crippen LogP contribution in [-0.4, -0.2) is 35.0 Å². The van der Waals surface area contributed by atoms with Crippen molar-refractivity contribution < 1.29 is 4.74 Å². The fourth-order valence-corrected chi connectivity index (χ4v) is 2.60. The summed E-state index contributed by atoms with van der Waals surface area (Å²) in [6, 6.07) is 0.593. The van der Waals surface area contributed by atoms with Gasteiger partial charge < -0.3 is 9.64 Å². The van der Waals surface area contributed by atoms with Gasteiger partial charge in [0, 0.05) is 17.9 Å². The van der Waals surface area contributed by atoms with Gasteiger partial charge in [0.05, 0.1) is 17.8 Å². The average molecular weight is 379 g/mol. The molecule has 0 saturated heterocycles. The molecule has 0 amide bonds. The van der Waals surface area contributed by atoms with E-state index in [1.165, 1.54) is 19.3 Å². The Morgan fingerprint density at radius 2 is 2.28 bits per heavy atom. The summed E-state index contributed by atoms with van der Waals surface area (Å²) < 4.78 is 6.03. The summed E-state index contributed by atoms with van der Waals surface area (Å²) in [7, 11) is 1.63. The van der Waals surface area contributed by atoms with E-state index in [2.05, 4.69) is 46.7 Å². The number of rotatable bonds is 6. The van der Waals surface area contributed by atoms with Crippen LogP contribution in [0.1, 0.15) is 25.7 Å². The highest BCUT2D eigenvalue weighted by Gasteiger charge is 2.27. The molecule has 0 unspecified atom stereocenters. The molecule has 100 valence electrons. The highest BCUT2D eigenvalue weighted by atomic mass is 79.9. The lowest BCUT2D eigenvalue weighted by Gasteiger charge is -2.37. The van der Waals surface area contributed by atoms with Crippen LogP contribution in [0.4, 0.5) is 5.95 Å². The predicted molar refractivity (Wildman–Crippen MR) is 79.7 cm³/mol. The fraction of sp³-hybridized carbons (Fsp3) is 0.667. The van der Waals surface area contributed by atoms with Gasteiger partial charge in [0.25, 0.3) is 0 Å². The lowest BCUT2D eigenvalue weighted by Crippen LogP contribution is -2.42. The maximum atomic E-state index is 5.24. The third-order valence-corrected chi connectivity index (χ3v) is 4.30. The van der Waals surface area contributed by atoms with Crippen molar-refractivity contribution in [2.45, 2.75) is 31.7 Å². The van der Waals surface area contributed by atoms with Crippen LogP contribution in [-0.2, 0) is 0 Å². The van der Waals surface area contributed by atoms with Crippen LogP contribution in [0.3, 0.4) is 0 Å². The quantitative estimate of drug-likeness (QED) is 0.711. The number of aromatic nitrogens is 2. The number of methoxy groups -OCH3 is 1. The Hall–Kier alpha value is -0.360. The molecule has 6 heteroatoms. The molecule has 1 saturated carbocycles. The molecule has 1 fully saturated rings. The largest absolute Gasteiger partial charge is 0.480 e. The van der Waals surface area contributed by atoms with E-state index in [9.17, 15) is 0 Å². The Morgan fingerprint density at radius 3 is 2.83 bits per heavy atom. The first-order valence-electron chi connectivity index (χ1n) is 6.15. The minimum atomic E-state index is 0.593. The van der Waals surface area contributed by atoms with E-state index in [0.29, 0.717) is 11.9 Å². The molecule has 1 aromatic heterocycles. The first-order valence-corrected chi connectivity index (χ1v) is 8.07. The zero-order chi connectivity index (χ0) is 13.0. The normalized spacial score (nSPS) is 15.3. The number of hydrogen-bond acceptors (Lipinski definition) is 4. The van der Waals surface area contributed by atoms with E-state index < -0.39 is 0 Å². The summed E-state index contributed by atoms with van der Waals surface area (Å²) in [6.07, 6.45) is 6.65. The van der Waals surface area contributed by atoms with Crippen molar-refractivity contribution in [2.75, 3.05) is 23.9 Å². The van der Waals surface area contributed by atoms with Crippen LogP contribution in [0.15, 0.2) is 10.7 Å². The van der Waals surface area contributed by atoms with Gasteiger partial charge in [0.1, 0.15) is 0 Å². The molecule has 1 aliphatic rings. The molecule has 0 aromatic carbocycles. The highest BCUT2D eigenvalue weighted by molar-refractivity contribution is 9.10. The monoisotopic (exact) mass is 377 g/mol. The van der Waals surface area contributed by atoms with Crippen molar-refractivity contribution in [1.29, 1.82) is 0 Å². The van der Waals surface area contributed by atoms with Crippen molar-refractivity contribution in [3.63, 3.8) is 0 Å². The Balaban J connectivity index is 2.17. The number of nitrogens with zero attached hydrogens (tertiary/aromatic N) is 3. The molecule has 1 heterocycles. The summed E-state index contributed by atoms with van der Waals surface area (Å²) >= 11 is 6.86. The van der Waals surface area contributed by atoms with E-state index >= 15 is 0 Å². The summed E-state index contributed by atoms with van der Waals surface area (Å²) in [6.45, 7) is 0.987. The van der Waals surface area contributed by atoms with Gasteiger partial charge in [0.2, 0.25) is 11.8 Å². The molecule has 0 spiro atoms. The van der Waals surface area contributed by atoms with Crippen LogP contribution < -0.4 is 9.64 Å². The number of ether oxygens (including phenoxy) is 1. The highest BCUT2D eigenvalue weighted by Crippen LogP contribution is 2.30. The van der Waals surface area contributed by atoms with Crippen LogP contribution in [0.2, 0.25) is 0 Å². The van der Waals surface area contributed by atoms with Crippen LogP contribution >= 0.6 is 31.9 Å². The van der Waals surface area contributed by atoms with Gasteiger partial charge in [-0.15, -0.1) is 0 Å². The molecule has 4 nitrogen and oxygen atoms in total. The van der Waals surface area contributed by atoms with Gasteiger partial charge in [-0.05, 0) is 41.6 Å². The molecule has 0 N–H and O–H groups in total. The number of anilines is 1. The number of hydrogen-bond donors (Lipinski definition) is 0. The minimum absolute atomic E-state index is 0.593. The average Bonchev–Trinajstić information content (AvgIpc) is 2.33. The predicted octanol–water partition coefficient (Wildman–Crippen LogP) is 3.39. The Bertz CT molecular complexity index is 399. The van der Waals surface area contributed by atoms with Crippen LogP contribution in [0, 0.1) is 0 Å². The molecule has 0 radical (unpaired) electrons. The SMILES string of the molecule is COc1nc(N(CCCBr)C2CCC2)ncc1Br. The van der Waals surface area contributed by atoms with Gasteiger partial charge in [-0.2, -0.15) is 4.98 Å². The van der Waals surface area contributed by atoms with Crippen molar-refractivity contribution in [3.05, 3.63) is 10.7 Å². The number of alkyl halides is 1. The zero-order valence-corrected chi connectivity index (χ0v) is 13.6. The van der Waals surface area contributed by atoms with Gasteiger partial charge >= 0.3 is 0 Å². The first kappa shape index (κ1) is 14.1. The minimum Gasteiger partial charge on any atom is -0.480 e. The molecular formula is C12H17Br2N3O. The van der Waals surface area contributed by atoms with Crippen LogP contribution in [0.25, 0.3) is 0 Å². The Labute approximate surface area is 124 Å². The standard InChI is InChI=1S/C12H17Br2N3O/c1-18-11-10(14)8-15-12(16-11)17(7-3-6-13)9-4-2-5-9/h8-9H,2-7H2,1H3. The third-order valence-electron chi connectivity index (χ3n) is 3.20. The Kier molecular flexibility index (Phi) is 5.24. The van der Waals surface area contributed by atoms with E-state index in [4.69, 9.17) is 4.74 Å². The summed E-state index contributed by atoms with van der Waals surface area (Å²) in [4.78, 5) is 11.2. The first-order chi connectivity index (χ1) is 8.76. The van der Waals surface area contributed by atoms with E-state index in [1.54, 1.807) is 13.3 Å². The van der Waals surface area contributed by atoms with E-state index in [-0.39, 0.29) is 0 Å². The number of halogens is 2. The maximum Gasteiger partial charge on any atom is 0.232 e. The topological polar surface area (TPSA) is 38.2 Å². The molecular weight excluding hydrogens is 362 g/mol. The smallest absolute Gasteiger partial charge is 0.232 e. The van der Waals surface area contributed by atoms with E-state index in [1.807, 2.05) is 0 Å². The van der Waals surface area contributed by atoms with Crippen molar-refractivity contribution in [2.24, 2.45) is 0 Å².